The number of aryl methyl sites for hydroxylation is 1. The second kappa shape index (κ2) is 6.89. The Morgan fingerprint density at radius 3 is 2.35 bits per heavy atom. The smallest absolute Gasteiger partial charge is 0.222 e. The molecule has 0 aliphatic carbocycles. The van der Waals surface area contributed by atoms with Gasteiger partial charge in [0.25, 0.3) is 0 Å². The van der Waals surface area contributed by atoms with Crippen LogP contribution >= 0.6 is 0 Å². The second-order valence-electron chi connectivity index (χ2n) is 6.52. The molecule has 1 unspecified atom stereocenters. The highest BCUT2D eigenvalue weighted by Gasteiger charge is 2.24. The van der Waals surface area contributed by atoms with Crippen molar-refractivity contribution in [3.8, 4) is 0 Å². The molecule has 3 nitrogen and oxygen atoms in total. The van der Waals surface area contributed by atoms with Gasteiger partial charge < -0.3 is 10.6 Å². The first-order valence-electron chi connectivity index (χ1n) is 7.29. The first-order chi connectivity index (χ1) is 9.22. The van der Waals surface area contributed by atoms with Gasteiger partial charge in [-0.3, -0.25) is 4.79 Å². The van der Waals surface area contributed by atoms with Crippen molar-refractivity contribution in [2.45, 2.75) is 52.0 Å². The highest BCUT2D eigenvalue weighted by Crippen LogP contribution is 2.24. The number of hydrogen-bond donors (Lipinski definition) is 1. The molecule has 0 fully saturated rings. The van der Waals surface area contributed by atoms with E-state index in [1.807, 2.05) is 18.9 Å². The largest absolute Gasteiger partial charge is 0.345 e. The van der Waals surface area contributed by atoms with Crippen LogP contribution in [0, 0.1) is 6.92 Å². The lowest BCUT2D eigenvalue weighted by Gasteiger charge is -2.31. The summed E-state index contributed by atoms with van der Waals surface area (Å²) in [6.07, 6.45) is 1.27. The SMILES string of the molecule is Cc1ccc(C(C)(C)CN(C)C(=O)CCC(C)N)cc1. The lowest BCUT2D eigenvalue weighted by atomic mass is 9.84. The molecule has 0 saturated heterocycles. The summed E-state index contributed by atoms with van der Waals surface area (Å²) in [4.78, 5) is 13.9. The Morgan fingerprint density at radius 1 is 1.30 bits per heavy atom. The van der Waals surface area contributed by atoms with E-state index in [9.17, 15) is 4.79 Å². The fourth-order valence-corrected chi connectivity index (χ4v) is 2.32. The van der Waals surface area contributed by atoms with Gasteiger partial charge in [-0.25, -0.2) is 0 Å². The minimum absolute atomic E-state index is 0.0492. The van der Waals surface area contributed by atoms with Gasteiger partial charge in [0, 0.05) is 31.5 Å². The maximum Gasteiger partial charge on any atom is 0.222 e. The van der Waals surface area contributed by atoms with Crippen LogP contribution < -0.4 is 5.73 Å². The first-order valence-corrected chi connectivity index (χ1v) is 7.29. The Bertz CT molecular complexity index is 435. The molecule has 112 valence electrons. The zero-order chi connectivity index (χ0) is 15.3. The molecule has 1 rings (SSSR count). The Hall–Kier alpha value is -1.35. The van der Waals surface area contributed by atoms with E-state index in [1.165, 1.54) is 11.1 Å². The fourth-order valence-electron chi connectivity index (χ4n) is 2.32. The van der Waals surface area contributed by atoms with E-state index >= 15 is 0 Å². The predicted octanol–water partition coefficient (Wildman–Crippen LogP) is 2.86. The number of nitrogens with two attached hydrogens (primary N) is 1. The van der Waals surface area contributed by atoms with Gasteiger partial charge in [-0.05, 0) is 25.8 Å². The maximum atomic E-state index is 12.1. The van der Waals surface area contributed by atoms with E-state index in [2.05, 4.69) is 45.0 Å². The molecule has 0 heterocycles. The van der Waals surface area contributed by atoms with Crippen LogP contribution in [0.2, 0.25) is 0 Å². The molecule has 0 spiro atoms. The van der Waals surface area contributed by atoms with Crippen molar-refractivity contribution in [3.05, 3.63) is 35.4 Å². The molecule has 0 saturated carbocycles. The number of carbonyl (C=O) groups excluding carboxylic acids is 1. The van der Waals surface area contributed by atoms with Gasteiger partial charge in [-0.15, -0.1) is 0 Å². The lowest BCUT2D eigenvalue weighted by Crippen LogP contribution is -2.38. The summed E-state index contributed by atoms with van der Waals surface area (Å²) in [6, 6.07) is 8.62. The number of amides is 1. The van der Waals surface area contributed by atoms with Gasteiger partial charge in [0.15, 0.2) is 0 Å². The van der Waals surface area contributed by atoms with Crippen molar-refractivity contribution in [2.24, 2.45) is 5.73 Å². The summed E-state index contributed by atoms with van der Waals surface area (Å²) < 4.78 is 0. The van der Waals surface area contributed by atoms with E-state index in [0.717, 1.165) is 6.42 Å². The van der Waals surface area contributed by atoms with Crippen LogP contribution in [0.15, 0.2) is 24.3 Å². The molecule has 0 aliphatic rings. The standard InChI is InChI=1S/C17H28N2O/c1-13-6-9-15(10-7-13)17(3,4)12-19(5)16(20)11-8-14(2)18/h6-7,9-10,14H,8,11-12,18H2,1-5H3. The molecular formula is C17H28N2O. The molecule has 1 aromatic carbocycles. The Kier molecular flexibility index (Phi) is 5.75. The molecule has 2 N–H and O–H groups in total. The monoisotopic (exact) mass is 276 g/mol. The average molecular weight is 276 g/mol. The van der Waals surface area contributed by atoms with Crippen LogP contribution in [-0.2, 0) is 10.2 Å². The van der Waals surface area contributed by atoms with E-state index in [4.69, 9.17) is 5.73 Å². The predicted molar refractivity (Wildman–Crippen MR) is 84.7 cm³/mol. The van der Waals surface area contributed by atoms with Gasteiger partial charge in [-0.1, -0.05) is 43.7 Å². The van der Waals surface area contributed by atoms with Gasteiger partial charge in [-0.2, -0.15) is 0 Å². The summed E-state index contributed by atoms with van der Waals surface area (Å²) in [7, 11) is 1.87. The Morgan fingerprint density at radius 2 is 1.85 bits per heavy atom. The van der Waals surface area contributed by atoms with Crippen LogP contribution in [0.3, 0.4) is 0 Å². The van der Waals surface area contributed by atoms with Crippen LogP contribution in [0.4, 0.5) is 0 Å². The average Bonchev–Trinajstić information content (AvgIpc) is 2.35. The minimum atomic E-state index is -0.0492. The lowest BCUT2D eigenvalue weighted by molar-refractivity contribution is -0.130. The van der Waals surface area contributed by atoms with Crippen LogP contribution in [-0.4, -0.2) is 30.4 Å². The third kappa shape index (κ3) is 4.97. The normalized spacial score (nSPS) is 13.1. The molecule has 1 atom stereocenters. The quantitative estimate of drug-likeness (QED) is 0.868. The van der Waals surface area contributed by atoms with Crippen LogP contribution in [0.25, 0.3) is 0 Å². The summed E-state index contributed by atoms with van der Waals surface area (Å²) in [5.74, 6) is 0.169. The zero-order valence-corrected chi connectivity index (χ0v) is 13.4. The van der Waals surface area contributed by atoms with E-state index in [-0.39, 0.29) is 17.4 Å². The van der Waals surface area contributed by atoms with Crippen molar-refractivity contribution >= 4 is 5.91 Å². The van der Waals surface area contributed by atoms with E-state index in [1.54, 1.807) is 0 Å². The van der Waals surface area contributed by atoms with Crippen molar-refractivity contribution in [1.82, 2.24) is 4.90 Å². The fraction of sp³-hybridized carbons (Fsp3) is 0.588. The molecular weight excluding hydrogens is 248 g/mol. The number of carbonyl (C=O) groups is 1. The molecule has 0 aromatic heterocycles. The summed E-state index contributed by atoms with van der Waals surface area (Å²) in [5, 5.41) is 0. The number of likely N-dealkylation sites (N-methyl/N-ethyl adjacent to an activating group) is 1. The number of benzene rings is 1. The summed E-state index contributed by atoms with van der Waals surface area (Å²) in [6.45, 7) is 9.08. The van der Waals surface area contributed by atoms with Crippen LogP contribution in [0.5, 0.6) is 0 Å². The molecule has 0 bridgehead atoms. The second-order valence-corrected chi connectivity index (χ2v) is 6.52. The third-order valence-electron chi connectivity index (χ3n) is 3.70. The topological polar surface area (TPSA) is 46.3 Å². The van der Waals surface area contributed by atoms with Gasteiger partial charge in [0.1, 0.15) is 0 Å². The van der Waals surface area contributed by atoms with E-state index < -0.39 is 0 Å². The molecule has 3 heteroatoms. The molecule has 1 amide bonds. The van der Waals surface area contributed by atoms with Gasteiger partial charge in [0.05, 0.1) is 0 Å². The summed E-state index contributed by atoms with van der Waals surface area (Å²) in [5.41, 5.74) is 8.17. The zero-order valence-electron chi connectivity index (χ0n) is 13.4. The van der Waals surface area contributed by atoms with Crippen molar-refractivity contribution in [3.63, 3.8) is 0 Å². The number of nitrogens with zero attached hydrogens (tertiary/aromatic N) is 1. The van der Waals surface area contributed by atoms with Crippen molar-refractivity contribution < 1.29 is 4.79 Å². The van der Waals surface area contributed by atoms with Crippen molar-refractivity contribution in [2.75, 3.05) is 13.6 Å². The van der Waals surface area contributed by atoms with Gasteiger partial charge >= 0.3 is 0 Å². The Balaban J connectivity index is 2.65. The highest BCUT2D eigenvalue weighted by molar-refractivity contribution is 5.76. The Labute approximate surface area is 123 Å². The summed E-state index contributed by atoms with van der Waals surface area (Å²) >= 11 is 0. The molecule has 20 heavy (non-hydrogen) atoms. The number of rotatable bonds is 6. The minimum Gasteiger partial charge on any atom is -0.345 e. The first kappa shape index (κ1) is 16.7. The molecule has 0 aliphatic heterocycles. The highest BCUT2D eigenvalue weighted by atomic mass is 16.2. The van der Waals surface area contributed by atoms with Gasteiger partial charge in [0.2, 0.25) is 5.91 Å². The van der Waals surface area contributed by atoms with Crippen LogP contribution in [0.1, 0.15) is 44.7 Å². The van der Waals surface area contributed by atoms with Crippen molar-refractivity contribution in [1.29, 1.82) is 0 Å². The molecule has 0 radical (unpaired) electrons. The maximum absolute atomic E-state index is 12.1. The van der Waals surface area contributed by atoms with E-state index in [0.29, 0.717) is 13.0 Å². The molecule has 1 aromatic rings. The number of hydrogen-bond acceptors (Lipinski definition) is 2. The third-order valence-corrected chi connectivity index (χ3v) is 3.70.